The van der Waals surface area contributed by atoms with E-state index in [2.05, 4.69) is 0 Å². The minimum Gasteiger partial charge on any atom is -0.508 e. The van der Waals surface area contributed by atoms with Crippen LogP contribution in [0.15, 0.2) is 42.5 Å². The molecule has 0 aliphatic rings. The summed E-state index contributed by atoms with van der Waals surface area (Å²) in [6.45, 7) is 0. The molecule has 164 valence electrons. The van der Waals surface area contributed by atoms with Crippen LogP contribution >= 0.6 is 0 Å². The van der Waals surface area contributed by atoms with Gasteiger partial charge in [-0.2, -0.15) is 0 Å². The third-order valence-corrected chi connectivity index (χ3v) is 5.01. The SMILES string of the molecule is COc1ccc(C(c2ccc(C(=N)N)cc2)C(N)(C(=O)O)C(=O)C(N)CC=O)c(O)c1. The van der Waals surface area contributed by atoms with Gasteiger partial charge in [0.2, 0.25) is 0 Å². The second-order valence-electron chi connectivity index (χ2n) is 6.94. The lowest BCUT2D eigenvalue weighted by Crippen LogP contribution is -2.63. The molecule has 0 saturated heterocycles. The van der Waals surface area contributed by atoms with Crippen molar-refractivity contribution in [1.82, 2.24) is 0 Å². The average Bonchev–Trinajstić information content (AvgIpc) is 2.74. The van der Waals surface area contributed by atoms with Crippen LogP contribution in [-0.4, -0.2) is 52.8 Å². The second-order valence-corrected chi connectivity index (χ2v) is 6.94. The number of carboxylic acid groups (broad SMARTS) is 1. The Bertz CT molecular complexity index is 1010. The summed E-state index contributed by atoms with van der Waals surface area (Å²) in [6, 6.07) is 8.49. The first-order valence-corrected chi connectivity index (χ1v) is 9.14. The topological polar surface area (TPSA) is 203 Å². The quantitative estimate of drug-likeness (QED) is 0.131. The normalized spacial score (nSPS) is 14.7. The number of phenolic OH excluding ortho intramolecular Hbond substituents is 1. The first kappa shape index (κ1) is 23.5. The summed E-state index contributed by atoms with van der Waals surface area (Å²) in [7, 11) is 1.39. The number of aldehydes is 1. The monoisotopic (exact) mass is 428 g/mol. The van der Waals surface area contributed by atoms with E-state index in [1.165, 1.54) is 49.6 Å². The number of nitrogen functional groups attached to an aromatic ring is 1. The van der Waals surface area contributed by atoms with Crippen molar-refractivity contribution in [2.24, 2.45) is 17.2 Å². The first-order chi connectivity index (χ1) is 14.6. The Balaban J connectivity index is 2.78. The number of carboxylic acids is 1. The molecule has 0 amide bonds. The molecule has 0 saturated carbocycles. The van der Waals surface area contributed by atoms with Crippen molar-refractivity contribution in [3.63, 3.8) is 0 Å². The maximum absolute atomic E-state index is 13.0. The van der Waals surface area contributed by atoms with Crippen molar-refractivity contribution in [1.29, 1.82) is 5.41 Å². The van der Waals surface area contributed by atoms with Gasteiger partial charge in [-0.25, -0.2) is 4.79 Å². The number of amidine groups is 1. The molecule has 0 fully saturated rings. The summed E-state index contributed by atoms with van der Waals surface area (Å²) in [5.41, 5.74) is 15.5. The zero-order chi connectivity index (χ0) is 23.3. The Labute approximate surface area is 178 Å². The highest BCUT2D eigenvalue weighted by Gasteiger charge is 2.52. The highest BCUT2D eigenvalue weighted by Crippen LogP contribution is 2.41. The summed E-state index contributed by atoms with van der Waals surface area (Å²) >= 11 is 0. The number of nitrogens with two attached hydrogens (primary N) is 3. The summed E-state index contributed by atoms with van der Waals surface area (Å²) in [5.74, 6) is -4.42. The summed E-state index contributed by atoms with van der Waals surface area (Å²) in [6.07, 6.45) is -0.0258. The third-order valence-electron chi connectivity index (χ3n) is 5.01. The number of carbonyl (C=O) groups excluding carboxylic acids is 2. The molecule has 10 nitrogen and oxygen atoms in total. The molecule has 9 N–H and O–H groups in total. The molecule has 0 aliphatic carbocycles. The molecule has 3 atom stereocenters. The van der Waals surface area contributed by atoms with Gasteiger partial charge in [0.05, 0.1) is 13.2 Å². The second kappa shape index (κ2) is 9.37. The molecular formula is C21H24N4O6. The van der Waals surface area contributed by atoms with Gasteiger partial charge in [-0.05, 0) is 11.6 Å². The number of aromatic hydroxyl groups is 1. The predicted molar refractivity (Wildman–Crippen MR) is 112 cm³/mol. The standard InChI is InChI=1S/C21H24N4O6/c1-31-13-6-7-14(16(27)10-13)17(11-2-4-12(5-3-11)19(23)24)21(25,20(29)30)18(28)15(22)8-9-26/h2-7,9-10,15,17,27H,8,22,25H2,1H3,(H3,23,24)(H,29,30). The molecule has 0 bridgehead atoms. The summed E-state index contributed by atoms with van der Waals surface area (Å²) in [4.78, 5) is 36.2. The summed E-state index contributed by atoms with van der Waals surface area (Å²) < 4.78 is 5.06. The van der Waals surface area contributed by atoms with Crippen LogP contribution in [0.4, 0.5) is 0 Å². The number of benzene rings is 2. The number of rotatable bonds is 10. The Kier molecular flexibility index (Phi) is 7.11. The van der Waals surface area contributed by atoms with Crippen molar-refractivity contribution in [3.05, 3.63) is 59.2 Å². The van der Waals surface area contributed by atoms with Gasteiger partial charge < -0.3 is 36.9 Å². The number of nitrogens with one attached hydrogen (secondary N) is 1. The number of methoxy groups -OCH3 is 1. The molecule has 0 spiro atoms. The van der Waals surface area contributed by atoms with E-state index >= 15 is 0 Å². The molecule has 31 heavy (non-hydrogen) atoms. The molecule has 2 aromatic carbocycles. The molecule has 0 aliphatic heterocycles. The zero-order valence-corrected chi connectivity index (χ0v) is 16.7. The molecule has 3 unspecified atom stereocenters. The van der Waals surface area contributed by atoms with Crippen LogP contribution in [0.2, 0.25) is 0 Å². The van der Waals surface area contributed by atoms with E-state index in [1.807, 2.05) is 0 Å². The van der Waals surface area contributed by atoms with E-state index in [9.17, 15) is 24.6 Å². The van der Waals surface area contributed by atoms with Gasteiger partial charge in [0.1, 0.15) is 23.6 Å². The van der Waals surface area contributed by atoms with Crippen LogP contribution in [0.5, 0.6) is 11.5 Å². The molecule has 10 heteroatoms. The van der Waals surface area contributed by atoms with Crippen LogP contribution in [0, 0.1) is 5.41 Å². The maximum Gasteiger partial charge on any atom is 0.332 e. The Morgan fingerprint density at radius 2 is 1.84 bits per heavy atom. The van der Waals surface area contributed by atoms with Crippen molar-refractivity contribution < 1.29 is 29.3 Å². The van der Waals surface area contributed by atoms with E-state index in [-0.39, 0.29) is 22.7 Å². The number of hydrogen-bond acceptors (Lipinski definition) is 8. The fourth-order valence-corrected chi connectivity index (χ4v) is 3.33. The smallest absolute Gasteiger partial charge is 0.332 e. The van der Waals surface area contributed by atoms with Crippen LogP contribution in [0.1, 0.15) is 29.0 Å². The van der Waals surface area contributed by atoms with Crippen LogP contribution in [0.3, 0.4) is 0 Å². The number of carbonyl (C=O) groups is 3. The van der Waals surface area contributed by atoms with Crippen molar-refractivity contribution in [3.8, 4) is 11.5 Å². The number of ketones is 1. The van der Waals surface area contributed by atoms with E-state index in [4.69, 9.17) is 27.3 Å². The van der Waals surface area contributed by atoms with Gasteiger partial charge in [0.15, 0.2) is 11.3 Å². The third kappa shape index (κ3) is 4.55. The first-order valence-electron chi connectivity index (χ1n) is 9.14. The zero-order valence-electron chi connectivity index (χ0n) is 16.7. The van der Waals surface area contributed by atoms with Crippen LogP contribution < -0.4 is 21.9 Å². The van der Waals surface area contributed by atoms with E-state index in [1.54, 1.807) is 0 Å². The van der Waals surface area contributed by atoms with Crippen LogP contribution in [0.25, 0.3) is 0 Å². The van der Waals surface area contributed by atoms with Gasteiger partial charge in [0.25, 0.3) is 0 Å². The lowest BCUT2D eigenvalue weighted by Gasteiger charge is -2.35. The molecule has 0 radical (unpaired) electrons. The minimum atomic E-state index is -2.62. The number of ether oxygens (including phenoxy) is 1. The largest absolute Gasteiger partial charge is 0.508 e. The van der Waals surface area contributed by atoms with Crippen molar-refractivity contribution in [2.45, 2.75) is 23.9 Å². The van der Waals surface area contributed by atoms with Gasteiger partial charge in [-0.3, -0.25) is 10.2 Å². The van der Waals surface area contributed by atoms with Gasteiger partial charge >= 0.3 is 5.97 Å². The maximum atomic E-state index is 13.0. The molecular weight excluding hydrogens is 404 g/mol. The number of Topliss-reactive ketones (excluding diaryl/α,β-unsaturated/α-hetero) is 1. The summed E-state index contributed by atoms with van der Waals surface area (Å²) in [5, 5.41) is 28.1. The van der Waals surface area contributed by atoms with E-state index in [0.29, 0.717) is 17.6 Å². The highest BCUT2D eigenvalue weighted by atomic mass is 16.5. The van der Waals surface area contributed by atoms with Gasteiger partial charge in [-0.1, -0.05) is 30.3 Å². The van der Waals surface area contributed by atoms with Gasteiger partial charge in [0, 0.05) is 29.5 Å². The van der Waals surface area contributed by atoms with Crippen LogP contribution in [-0.2, 0) is 14.4 Å². The number of phenols is 1. The number of aliphatic carboxylic acids is 1. The fraction of sp³-hybridized carbons (Fsp3) is 0.238. The van der Waals surface area contributed by atoms with Crippen molar-refractivity contribution >= 4 is 23.9 Å². The Hall–Kier alpha value is -3.76. The average molecular weight is 428 g/mol. The minimum absolute atomic E-state index is 0.0351. The Morgan fingerprint density at radius 1 is 1.23 bits per heavy atom. The molecule has 0 heterocycles. The highest BCUT2D eigenvalue weighted by molar-refractivity contribution is 6.12. The molecule has 0 aromatic heterocycles. The lowest BCUT2D eigenvalue weighted by molar-refractivity contribution is -0.149. The fourth-order valence-electron chi connectivity index (χ4n) is 3.33. The van der Waals surface area contributed by atoms with E-state index in [0.717, 1.165) is 0 Å². The molecule has 2 aromatic rings. The van der Waals surface area contributed by atoms with E-state index < -0.39 is 35.7 Å². The van der Waals surface area contributed by atoms with Crippen molar-refractivity contribution in [2.75, 3.05) is 7.11 Å². The Morgan fingerprint density at radius 3 is 2.29 bits per heavy atom. The lowest BCUT2D eigenvalue weighted by atomic mass is 9.71. The predicted octanol–water partition coefficient (Wildman–Crippen LogP) is 0.0843. The number of hydrogen-bond donors (Lipinski definition) is 6. The van der Waals surface area contributed by atoms with Gasteiger partial charge in [-0.15, -0.1) is 0 Å². The molecule has 2 rings (SSSR count).